The van der Waals surface area contributed by atoms with Gasteiger partial charge in [-0.25, -0.2) is 0 Å². The lowest BCUT2D eigenvalue weighted by Gasteiger charge is -2.32. The molecule has 2 nitrogen and oxygen atoms in total. The summed E-state index contributed by atoms with van der Waals surface area (Å²) < 4.78 is 0. The van der Waals surface area contributed by atoms with Crippen LogP contribution in [0.3, 0.4) is 0 Å². The van der Waals surface area contributed by atoms with Gasteiger partial charge in [0.2, 0.25) is 0 Å². The number of benzene rings is 1. The van der Waals surface area contributed by atoms with Gasteiger partial charge in [0.05, 0.1) is 13.2 Å². The number of hydrogen-bond acceptors (Lipinski definition) is 3. The summed E-state index contributed by atoms with van der Waals surface area (Å²) in [6.45, 7) is 4.20. The van der Waals surface area contributed by atoms with Crippen LogP contribution in [0, 0.1) is 6.92 Å². The predicted molar refractivity (Wildman–Crippen MR) is 79.3 cm³/mol. The molecule has 0 heterocycles. The summed E-state index contributed by atoms with van der Waals surface area (Å²) in [4.78, 5) is 0. The van der Waals surface area contributed by atoms with Crippen molar-refractivity contribution < 1.29 is 10.2 Å². The normalized spacial score (nSPS) is 11.8. The summed E-state index contributed by atoms with van der Waals surface area (Å²) in [5.74, 6) is 2.21. The van der Waals surface area contributed by atoms with Gasteiger partial charge in [0.1, 0.15) is 0 Å². The van der Waals surface area contributed by atoms with E-state index in [-0.39, 0.29) is 13.2 Å². The van der Waals surface area contributed by atoms with E-state index in [2.05, 4.69) is 6.92 Å². The second kappa shape index (κ2) is 7.82. The van der Waals surface area contributed by atoms with Crippen LogP contribution in [-0.4, -0.2) is 34.9 Å². The van der Waals surface area contributed by atoms with Gasteiger partial charge in [0.25, 0.3) is 0 Å². The first-order chi connectivity index (χ1) is 8.70. The van der Waals surface area contributed by atoms with Gasteiger partial charge in [-0.2, -0.15) is 11.8 Å². The standard InChI is InChI=1S/C15H24O2S/c1-3-18-10-6-9-15(11-16,12-17)14-8-5-4-7-13(14)2/h4-5,7-8,16-17H,3,6,9-12H2,1-2H3. The number of aliphatic hydroxyl groups is 2. The van der Waals surface area contributed by atoms with Crippen LogP contribution in [0.5, 0.6) is 0 Å². The van der Waals surface area contributed by atoms with Crippen molar-refractivity contribution in [2.45, 2.75) is 32.1 Å². The number of rotatable bonds is 8. The molecule has 1 rings (SSSR count). The molecule has 0 atom stereocenters. The van der Waals surface area contributed by atoms with Crippen LogP contribution in [0.15, 0.2) is 24.3 Å². The monoisotopic (exact) mass is 268 g/mol. The highest BCUT2D eigenvalue weighted by atomic mass is 32.2. The fraction of sp³-hybridized carbons (Fsp3) is 0.600. The van der Waals surface area contributed by atoms with Crippen molar-refractivity contribution in [2.24, 2.45) is 0 Å². The quantitative estimate of drug-likeness (QED) is 0.712. The molecule has 0 saturated heterocycles. The highest BCUT2D eigenvalue weighted by Gasteiger charge is 2.31. The minimum absolute atomic E-state index is 0.00510. The third-order valence-electron chi connectivity index (χ3n) is 3.47. The van der Waals surface area contributed by atoms with Crippen molar-refractivity contribution in [1.82, 2.24) is 0 Å². The topological polar surface area (TPSA) is 40.5 Å². The molecule has 102 valence electrons. The molecule has 0 aliphatic rings. The van der Waals surface area contributed by atoms with E-state index in [4.69, 9.17) is 0 Å². The van der Waals surface area contributed by atoms with Crippen LogP contribution in [0.25, 0.3) is 0 Å². The lowest BCUT2D eigenvalue weighted by atomic mass is 9.76. The van der Waals surface area contributed by atoms with Crippen molar-refractivity contribution >= 4 is 11.8 Å². The van der Waals surface area contributed by atoms with E-state index in [1.165, 1.54) is 0 Å². The fourth-order valence-electron chi connectivity index (χ4n) is 2.34. The molecule has 0 fully saturated rings. The minimum Gasteiger partial charge on any atom is -0.395 e. The maximum Gasteiger partial charge on any atom is 0.0550 e. The zero-order valence-corrected chi connectivity index (χ0v) is 12.2. The van der Waals surface area contributed by atoms with E-state index in [9.17, 15) is 10.2 Å². The Hall–Kier alpha value is -0.510. The molecule has 0 aliphatic carbocycles. The summed E-state index contributed by atoms with van der Waals surface area (Å²) in [5.41, 5.74) is 1.74. The van der Waals surface area contributed by atoms with E-state index >= 15 is 0 Å². The summed E-state index contributed by atoms with van der Waals surface area (Å²) in [5, 5.41) is 19.5. The molecule has 3 heteroatoms. The van der Waals surface area contributed by atoms with Gasteiger partial charge in [-0.1, -0.05) is 31.2 Å². The Morgan fingerprint density at radius 1 is 1.17 bits per heavy atom. The third kappa shape index (κ3) is 3.74. The molecule has 0 aliphatic heterocycles. The van der Waals surface area contributed by atoms with Crippen molar-refractivity contribution in [3.63, 3.8) is 0 Å². The maximum atomic E-state index is 9.74. The molecule has 0 amide bonds. The van der Waals surface area contributed by atoms with Crippen LogP contribution in [0.2, 0.25) is 0 Å². The Balaban J connectivity index is 2.83. The van der Waals surface area contributed by atoms with Gasteiger partial charge in [-0.3, -0.25) is 0 Å². The predicted octanol–water partition coefficient (Wildman–Crippen LogP) is 2.75. The van der Waals surface area contributed by atoms with E-state index in [0.717, 1.165) is 35.5 Å². The van der Waals surface area contributed by atoms with E-state index in [0.29, 0.717) is 0 Å². The van der Waals surface area contributed by atoms with Gasteiger partial charge in [-0.15, -0.1) is 0 Å². The molecule has 0 spiro atoms. The second-order valence-corrected chi connectivity index (χ2v) is 6.11. The first-order valence-corrected chi connectivity index (χ1v) is 7.71. The van der Waals surface area contributed by atoms with Crippen LogP contribution < -0.4 is 0 Å². The highest BCUT2D eigenvalue weighted by Crippen LogP contribution is 2.31. The Morgan fingerprint density at radius 2 is 1.83 bits per heavy atom. The number of hydrogen-bond donors (Lipinski definition) is 2. The average molecular weight is 268 g/mol. The van der Waals surface area contributed by atoms with Gasteiger partial charge >= 0.3 is 0 Å². The van der Waals surface area contributed by atoms with Gasteiger partial charge in [0.15, 0.2) is 0 Å². The Bertz CT molecular complexity index is 348. The number of aryl methyl sites for hydroxylation is 1. The first-order valence-electron chi connectivity index (χ1n) is 6.55. The van der Waals surface area contributed by atoms with Crippen LogP contribution >= 0.6 is 11.8 Å². The Morgan fingerprint density at radius 3 is 2.39 bits per heavy atom. The van der Waals surface area contributed by atoms with Crippen molar-refractivity contribution in [2.75, 3.05) is 24.7 Å². The average Bonchev–Trinajstić information content (AvgIpc) is 2.41. The molecule has 1 aromatic carbocycles. The van der Waals surface area contributed by atoms with E-state index < -0.39 is 5.41 Å². The molecule has 1 aromatic rings. The van der Waals surface area contributed by atoms with E-state index in [1.807, 2.05) is 43.0 Å². The van der Waals surface area contributed by atoms with Crippen LogP contribution in [-0.2, 0) is 5.41 Å². The molecule has 0 saturated carbocycles. The van der Waals surface area contributed by atoms with Crippen molar-refractivity contribution in [3.05, 3.63) is 35.4 Å². The Labute approximate surface area is 114 Å². The molecule has 0 bridgehead atoms. The first kappa shape index (κ1) is 15.5. The van der Waals surface area contributed by atoms with Crippen molar-refractivity contribution in [1.29, 1.82) is 0 Å². The van der Waals surface area contributed by atoms with Crippen molar-refractivity contribution in [3.8, 4) is 0 Å². The number of aliphatic hydroxyl groups excluding tert-OH is 2. The molecule has 0 aromatic heterocycles. The molecule has 0 radical (unpaired) electrons. The fourth-order valence-corrected chi connectivity index (χ4v) is 2.98. The largest absolute Gasteiger partial charge is 0.395 e. The van der Waals surface area contributed by atoms with E-state index in [1.54, 1.807) is 0 Å². The van der Waals surface area contributed by atoms with Crippen LogP contribution in [0.4, 0.5) is 0 Å². The zero-order valence-electron chi connectivity index (χ0n) is 11.4. The highest BCUT2D eigenvalue weighted by molar-refractivity contribution is 7.99. The molecule has 18 heavy (non-hydrogen) atoms. The maximum absolute atomic E-state index is 9.74. The summed E-state index contributed by atoms with van der Waals surface area (Å²) in [6.07, 6.45) is 1.85. The van der Waals surface area contributed by atoms with Crippen LogP contribution in [0.1, 0.15) is 30.9 Å². The summed E-state index contributed by atoms with van der Waals surface area (Å²) in [7, 11) is 0. The second-order valence-electron chi connectivity index (χ2n) is 4.71. The molecule has 2 N–H and O–H groups in total. The zero-order chi connectivity index (χ0) is 13.4. The molecular formula is C15H24O2S. The SMILES string of the molecule is CCSCCCC(CO)(CO)c1ccccc1C. The number of thioether (sulfide) groups is 1. The Kier molecular flexibility index (Phi) is 6.76. The third-order valence-corrected chi connectivity index (χ3v) is 4.46. The molecular weight excluding hydrogens is 244 g/mol. The van der Waals surface area contributed by atoms with Gasteiger partial charge < -0.3 is 10.2 Å². The molecule has 0 unspecified atom stereocenters. The summed E-state index contributed by atoms with van der Waals surface area (Å²) >= 11 is 1.91. The summed E-state index contributed by atoms with van der Waals surface area (Å²) in [6, 6.07) is 8.03. The lowest BCUT2D eigenvalue weighted by Crippen LogP contribution is -2.35. The lowest BCUT2D eigenvalue weighted by molar-refractivity contribution is 0.108. The minimum atomic E-state index is -0.486. The van der Waals surface area contributed by atoms with Gasteiger partial charge in [0, 0.05) is 5.41 Å². The van der Waals surface area contributed by atoms with Gasteiger partial charge in [-0.05, 0) is 42.4 Å². The smallest absolute Gasteiger partial charge is 0.0550 e.